The van der Waals surface area contributed by atoms with E-state index in [2.05, 4.69) is 4.98 Å². The summed E-state index contributed by atoms with van der Waals surface area (Å²) in [6.07, 6.45) is 2.77. The number of aromatic nitrogens is 2. The summed E-state index contributed by atoms with van der Waals surface area (Å²) in [6.45, 7) is 1.70. The SMILES string of the molecule is CC(CC(=O)O)c1cncn(C)c1=O. The standard InChI is InChI=1S/C9H12N2O3/c1-6(3-8(12)13)7-4-10-5-11(2)9(7)14/h4-6H,3H2,1-2H3,(H,12,13). The molecule has 5 heteroatoms. The predicted molar refractivity (Wildman–Crippen MR) is 50.1 cm³/mol. The summed E-state index contributed by atoms with van der Waals surface area (Å²) < 4.78 is 1.34. The minimum atomic E-state index is -0.914. The van der Waals surface area contributed by atoms with Crippen molar-refractivity contribution in [2.75, 3.05) is 0 Å². The van der Waals surface area contributed by atoms with Gasteiger partial charge in [0.1, 0.15) is 0 Å². The van der Waals surface area contributed by atoms with Crippen LogP contribution in [0.25, 0.3) is 0 Å². The number of carboxylic acid groups (broad SMARTS) is 1. The quantitative estimate of drug-likeness (QED) is 0.757. The molecule has 1 aromatic rings. The molecule has 0 fully saturated rings. The number of nitrogens with zero attached hydrogens (tertiary/aromatic N) is 2. The second-order valence-electron chi connectivity index (χ2n) is 3.26. The van der Waals surface area contributed by atoms with E-state index >= 15 is 0 Å². The average Bonchev–Trinajstić information content (AvgIpc) is 2.08. The first-order valence-electron chi connectivity index (χ1n) is 4.24. The Hall–Kier alpha value is -1.65. The molecule has 14 heavy (non-hydrogen) atoms. The molecule has 5 nitrogen and oxygen atoms in total. The van der Waals surface area contributed by atoms with Gasteiger partial charge in [-0.15, -0.1) is 0 Å². The molecule has 1 N–H and O–H groups in total. The first kappa shape index (κ1) is 10.4. The van der Waals surface area contributed by atoms with Crippen molar-refractivity contribution in [3.05, 3.63) is 28.4 Å². The molecule has 0 saturated carbocycles. The van der Waals surface area contributed by atoms with Crippen molar-refractivity contribution in [1.82, 2.24) is 9.55 Å². The van der Waals surface area contributed by atoms with Crippen LogP contribution in [-0.2, 0) is 11.8 Å². The summed E-state index contributed by atoms with van der Waals surface area (Å²) >= 11 is 0. The second-order valence-corrected chi connectivity index (χ2v) is 3.26. The molecule has 1 heterocycles. The monoisotopic (exact) mass is 196 g/mol. The third kappa shape index (κ3) is 2.18. The minimum absolute atomic E-state index is 0.0546. The molecule has 1 unspecified atom stereocenters. The Balaban J connectivity index is 3.01. The maximum atomic E-state index is 11.5. The summed E-state index contributed by atoms with van der Waals surface area (Å²) in [5.74, 6) is -1.22. The van der Waals surface area contributed by atoms with E-state index in [1.807, 2.05) is 0 Å². The van der Waals surface area contributed by atoms with Gasteiger partial charge >= 0.3 is 5.97 Å². The minimum Gasteiger partial charge on any atom is -0.481 e. The zero-order chi connectivity index (χ0) is 10.7. The van der Waals surface area contributed by atoms with Crippen molar-refractivity contribution < 1.29 is 9.90 Å². The third-order valence-corrected chi connectivity index (χ3v) is 2.03. The van der Waals surface area contributed by atoms with E-state index in [9.17, 15) is 9.59 Å². The van der Waals surface area contributed by atoms with E-state index in [-0.39, 0.29) is 17.9 Å². The first-order chi connectivity index (χ1) is 6.52. The van der Waals surface area contributed by atoms with Gasteiger partial charge in [0, 0.05) is 18.8 Å². The Bertz CT molecular complexity index is 397. The van der Waals surface area contributed by atoms with Crippen LogP contribution in [0.15, 0.2) is 17.3 Å². The van der Waals surface area contributed by atoms with Gasteiger partial charge in [-0.25, -0.2) is 4.98 Å². The summed E-state index contributed by atoms with van der Waals surface area (Å²) in [7, 11) is 1.59. The van der Waals surface area contributed by atoms with Gasteiger partial charge in [-0.3, -0.25) is 9.59 Å². The Kier molecular flexibility index (Phi) is 3.01. The fourth-order valence-corrected chi connectivity index (χ4v) is 1.23. The van der Waals surface area contributed by atoms with Gasteiger partial charge < -0.3 is 9.67 Å². The Morgan fingerprint density at radius 1 is 1.71 bits per heavy atom. The second kappa shape index (κ2) is 4.04. The molecule has 0 bridgehead atoms. The Labute approximate surface area is 81.0 Å². The van der Waals surface area contributed by atoms with Crippen molar-refractivity contribution in [3.63, 3.8) is 0 Å². The van der Waals surface area contributed by atoms with Crippen LogP contribution in [0, 0.1) is 0 Å². The number of rotatable bonds is 3. The third-order valence-electron chi connectivity index (χ3n) is 2.03. The maximum Gasteiger partial charge on any atom is 0.303 e. The molecule has 0 amide bonds. The van der Waals surface area contributed by atoms with Crippen LogP contribution in [0.5, 0.6) is 0 Å². The van der Waals surface area contributed by atoms with E-state index in [0.29, 0.717) is 5.56 Å². The van der Waals surface area contributed by atoms with Gasteiger partial charge in [0.05, 0.1) is 12.7 Å². The topological polar surface area (TPSA) is 72.2 Å². The number of aryl methyl sites for hydroxylation is 1. The molecule has 1 atom stereocenters. The molecule has 0 spiro atoms. The molecular weight excluding hydrogens is 184 g/mol. The summed E-state index contributed by atoms with van der Waals surface area (Å²) in [5.41, 5.74) is 0.256. The Morgan fingerprint density at radius 2 is 2.36 bits per heavy atom. The fraction of sp³-hybridized carbons (Fsp3) is 0.444. The highest BCUT2D eigenvalue weighted by Gasteiger charge is 2.14. The van der Waals surface area contributed by atoms with Crippen LogP contribution >= 0.6 is 0 Å². The number of aliphatic carboxylic acids is 1. The lowest BCUT2D eigenvalue weighted by molar-refractivity contribution is -0.137. The van der Waals surface area contributed by atoms with Crippen LogP contribution in [0.1, 0.15) is 24.8 Å². The van der Waals surface area contributed by atoms with Gasteiger partial charge in [-0.2, -0.15) is 0 Å². The average molecular weight is 196 g/mol. The number of carbonyl (C=O) groups is 1. The van der Waals surface area contributed by atoms with Crippen LogP contribution in [0.2, 0.25) is 0 Å². The van der Waals surface area contributed by atoms with Gasteiger partial charge in [-0.05, 0) is 5.92 Å². The highest BCUT2D eigenvalue weighted by Crippen LogP contribution is 2.13. The maximum absolute atomic E-state index is 11.5. The molecule has 1 rings (SSSR count). The van der Waals surface area contributed by atoms with Crippen molar-refractivity contribution >= 4 is 5.97 Å². The van der Waals surface area contributed by atoms with Gasteiger partial charge in [0.2, 0.25) is 0 Å². The molecule has 0 aliphatic rings. The zero-order valence-corrected chi connectivity index (χ0v) is 8.10. The number of carboxylic acids is 1. The summed E-state index contributed by atoms with van der Waals surface area (Å²) in [4.78, 5) is 25.8. The van der Waals surface area contributed by atoms with E-state index < -0.39 is 5.97 Å². The largest absolute Gasteiger partial charge is 0.481 e. The van der Waals surface area contributed by atoms with Crippen LogP contribution in [0.3, 0.4) is 0 Å². The van der Waals surface area contributed by atoms with E-state index in [4.69, 9.17) is 5.11 Å². The molecule has 0 saturated heterocycles. The highest BCUT2D eigenvalue weighted by molar-refractivity contribution is 5.67. The lowest BCUT2D eigenvalue weighted by Gasteiger charge is -2.08. The molecule has 0 aliphatic heterocycles. The highest BCUT2D eigenvalue weighted by atomic mass is 16.4. The molecule has 1 aromatic heterocycles. The smallest absolute Gasteiger partial charge is 0.303 e. The van der Waals surface area contributed by atoms with Gasteiger partial charge in [-0.1, -0.05) is 6.92 Å². The van der Waals surface area contributed by atoms with Crippen molar-refractivity contribution in [1.29, 1.82) is 0 Å². The van der Waals surface area contributed by atoms with E-state index in [0.717, 1.165) is 0 Å². The Morgan fingerprint density at radius 3 is 2.93 bits per heavy atom. The van der Waals surface area contributed by atoms with Gasteiger partial charge in [0.15, 0.2) is 0 Å². The molecule has 76 valence electrons. The molecular formula is C9H12N2O3. The lowest BCUT2D eigenvalue weighted by atomic mass is 10.0. The van der Waals surface area contributed by atoms with Crippen molar-refractivity contribution in [2.45, 2.75) is 19.3 Å². The van der Waals surface area contributed by atoms with E-state index in [1.165, 1.54) is 17.1 Å². The first-order valence-corrected chi connectivity index (χ1v) is 4.24. The number of hydrogen-bond donors (Lipinski definition) is 1. The van der Waals surface area contributed by atoms with Crippen LogP contribution in [-0.4, -0.2) is 20.6 Å². The fourth-order valence-electron chi connectivity index (χ4n) is 1.23. The lowest BCUT2D eigenvalue weighted by Crippen LogP contribution is -2.23. The van der Waals surface area contributed by atoms with Crippen LogP contribution < -0.4 is 5.56 Å². The number of hydrogen-bond acceptors (Lipinski definition) is 3. The van der Waals surface area contributed by atoms with Gasteiger partial charge in [0.25, 0.3) is 5.56 Å². The van der Waals surface area contributed by atoms with Crippen LogP contribution in [0.4, 0.5) is 0 Å². The van der Waals surface area contributed by atoms with Crippen molar-refractivity contribution in [3.8, 4) is 0 Å². The normalized spacial score (nSPS) is 12.4. The zero-order valence-electron chi connectivity index (χ0n) is 8.10. The molecule has 0 radical (unpaired) electrons. The summed E-state index contributed by atoms with van der Waals surface area (Å²) in [6, 6.07) is 0. The van der Waals surface area contributed by atoms with Crippen molar-refractivity contribution in [2.24, 2.45) is 7.05 Å². The molecule has 0 aromatic carbocycles. The summed E-state index contributed by atoms with van der Waals surface area (Å²) in [5, 5.41) is 8.58. The predicted octanol–water partition coefficient (Wildman–Crippen LogP) is 0.358. The van der Waals surface area contributed by atoms with E-state index in [1.54, 1.807) is 14.0 Å². The molecule has 0 aliphatic carbocycles.